The fourth-order valence-corrected chi connectivity index (χ4v) is 3.90. The van der Waals surface area contributed by atoms with Crippen LogP contribution in [0.2, 0.25) is 0 Å². The molecule has 0 amide bonds. The molecule has 1 heterocycles. The van der Waals surface area contributed by atoms with Crippen molar-refractivity contribution in [3.8, 4) is 0 Å². The second kappa shape index (κ2) is 6.53. The van der Waals surface area contributed by atoms with E-state index < -0.39 is 0 Å². The zero-order chi connectivity index (χ0) is 14.9. The van der Waals surface area contributed by atoms with Gasteiger partial charge in [0.05, 0.1) is 12.2 Å². The molecule has 2 saturated carbocycles. The lowest BCUT2D eigenvalue weighted by molar-refractivity contribution is -0.00476. The average molecular weight is 295 g/mol. The summed E-state index contributed by atoms with van der Waals surface area (Å²) in [5, 5.41) is 3.60. The van der Waals surface area contributed by atoms with Crippen molar-refractivity contribution in [2.75, 3.05) is 40.8 Å². The molecule has 122 valence electrons. The third-order valence-electron chi connectivity index (χ3n) is 5.72. The molecule has 21 heavy (non-hydrogen) atoms. The highest BCUT2D eigenvalue weighted by atomic mass is 16.5. The first-order valence-corrected chi connectivity index (χ1v) is 8.82. The third-order valence-corrected chi connectivity index (χ3v) is 5.72. The summed E-state index contributed by atoms with van der Waals surface area (Å²) >= 11 is 0. The Morgan fingerprint density at radius 1 is 1.05 bits per heavy atom. The fourth-order valence-electron chi connectivity index (χ4n) is 3.90. The van der Waals surface area contributed by atoms with Crippen molar-refractivity contribution in [3.05, 3.63) is 0 Å². The minimum absolute atomic E-state index is 0.431. The molecule has 2 aliphatic carbocycles. The quantitative estimate of drug-likeness (QED) is 0.738. The van der Waals surface area contributed by atoms with Crippen LogP contribution in [0.1, 0.15) is 44.9 Å². The van der Waals surface area contributed by atoms with Crippen molar-refractivity contribution in [3.63, 3.8) is 0 Å². The summed E-state index contributed by atoms with van der Waals surface area (Å²) in [6, 6.07) is 0.800. The van der Waals surface area contributed by atoms with E-state index in [-0.39, 0.29) is 0 Å². The standard InChI is InChI=1S/C17H33N3O/c1-19(2)17(9-4-10-17)13-20(3)12-16-8-7-15(21-16)11-18-14-5-6-14/h14-16,18H,4-13H2,1-3H3. The first-order valence-electron chi connectivity index (χ1n) is 8.82. The molecule has 4 heteroatoms. The van der Waals surface area contributed by atoms with Crippen LogP contribution in [-0.2, 0) is 4.74 Å². The van der Waals surface area contributed by atoms with Gasteiger partial charge in [0.15, 0.2) is 0 Å². The Morgan fingerprint density at radius 2 is 1.76 bits per heavy atom. The van der Waals surface area contributed by atoms with Crippen LogP contribution in [0.15, 0.2) is 0 Å². The lowest BCUT2D eigenvalue weighted by Crippen LogP contribution is -2.57. The highest BCUT2D eigenvalue weighted by Crippen LogP contribution is 2.36. The van der Waals surface area contributed by atoms with Crippen LogP contribution in [0.5, 0.6) is 0 Å². The van der Waals surface area contributed by atoms with Crippen molar-refractivity contribution in [1.82, 2.24) is 15.1 Å². The van der Waals surface area contributed by atoms with Crippen LogP contribution in [0, 0.1) is 0 Å². The van der Waals surface area contributed by atoms with Gasteiger partial charge in [0.1, 0.15) is 0 Å². The number of hydrogen-bond acceptors (Lipinski definition) is 4. The maximum atomic E-state index is 6.22. The molecule has 0 aromatic heterocycles. The van der Waals surface area contributed by atoms with Gasteiger partial charge in [0.25, 0.3) is 0 Å². The molecular formula is C17H33N3O. The lowest BCUT2D eigenvalue weighted by atomic mass is 9.75. The van der Waals surface area contributed by atoms with E-state index in [1.165, 1.54) is 51.5 Å². The molecule has 3 aliphatic rings. The molecule has 1 saturated heterocycles. The smallest absolute Gasteiger partial charge is 0.0707 e. The molecule has 3 fully saturated rings. The van der Waals surface area contributed by atoms with Crippen molar-refractivity contribution in [2.45, 2.75) is 68.7 Å². The van der Waals surface area contributed by atoms with Crippen molar-refractivity contribution >= 4 is 0 Å². The largest absolute Gasteiger partial charge is 0.372 e. The molecule has 3 rings (SSSR count). The van der Waals surface area contributed by atoms with Crippen LogP contribution in [0.3, 0.4) is 0 Å². The number of nitrogens with zero attached hydrogens (tertiary/aromatic N) is 2. The topological polar surface area (TPSA) is 27.7 Å². The van der Waals surface area contributed by atoms with Crippen LogP contribution in [0.25, 0.3) is 0 Å². The number of rotatable bonds is 8. The number of hydrogen-bond donors (Lipinski definition) is 1. The summed E-state index contributed by atoms with van der Waals surface area (Å²) < 4.78 is 6.22. The molecular weight excluding hydrogens is 262 g/mol. The molecule has 1 N–H and O–H groups in total. The summed E-state index contributed by atoms with van der Waals surface area (Å²) in [4.78, 5) is 4.94. The minimum Gasteiger partial charge on any atom is -0.372 e. The van der Waals surface area contributed by atoms with Crippen LogP contribution in [-0.4, -0.2) is 74.4 Å². The van der Waals surface area contributed by atoms with Gasteiger partial charge in [-0.1, -0.05) is 0 Å². The minimum atomic E-state index is 0.431. The van der Waals surface area contributed by atoms with Gasteiger partial charge in [0.2, 0.25) is 0 Å². The van der Waals surface area contributed by atoms with Crippen molar-refractivity contribution in [1.29, 1.82) is 0 Å². The van der Waals surface area contributed by atoms with Crippen LogP contribution >= 0.6 is 0 Å². The SMILES string of the molecule is CN(CC1CCC(CNC2CC2)O1)CC1(N(C)C)CCC1. The Balaban J connectivity index is 1.37. The molecule has 0 bridgehead atoms. The molecule has 1 aliphatic heterocycles. The van der Waals surface area contributed by atoms with Crippen LogP contribution in [0.4, 0.5) is 0 Å². The van der Waals surface area contributed by atoms with E-state index in [0.717, 1.165) is 19.1 Å². The van der Waals surface area contributed by atoms with Gasteiger partial charge >= 0.3 is 0 Å². The van der Waals surface area contributed by atoms with E-state index in [0.29, 0.717) is 17.7 Å². The molecule has 0 aromatic rings. The van der Waals surface area contributed by atoms with Crippen molar-refractivity contribution < 1.29 is 4.74 Å². The Kier molecular flexibility index (Phi) is 4.89. The maximum Gasteiger partial charge on any atom is 0.0707 e. The van der Waals surface area contributed by atoms with E-state index in [2.05, 4.69) is 36.3 Å². The zero-order valence-electron chi connectivity index (χ0n) is 14.1. The van der Waals surface area contributed by atoms with E-state index in [1.807, 2.05) is 0 Å². The van der Waals surface area contributed by atoms with Gasteiger partial charge in [-0.05, 0) is 66.1 Å². The first kappa shape index (κ1) is 15.7. The molecule has 2 atom stereocenters. The van der Waals surface area contributed by atoms with E-state index >= 15 is 0 Å². The molecule has 2 unspecified atom stereocenters. The Morgan fingerprint density at radius 3 is 2.33 bits per heavy atom. The van der Waals surface area contributed by atoms with Crippen molar-refractivity contribution in [2.24, 2.45) is 0 Å². The molecule has 0 spiro atoms. The second-order valence-electron chi connectivity index (χ2n) is 7.81. The molecule has 0 radical (unpaired) electrons. The second-order valence-corrected chi connectivity index (χ2v) is 7.81. The van der Waals surface area contributed by atoms with Gasteiger partial charge in [-0.2, -0.15) is 0 Å². The molecule has 4 nitrogen and oxygen atoms in total. The summed E-state index contributed by atoms with van der Waals surface area (Å²) in [6.07, 6.45) is 10.2. The van der Waals surface area contributed by atoms with Gasteiger partial charge in [-0.15, -0.1) is 0 Å². The van der Waals surface area contributed by atoms with Gasteiger partial charge < -0.3 is 19.9 Å². The summed E-state index contributed by atoms with van der Waals surface area (Å²) in [6.45, 7) is 3.34. The first-order chi connectivity index (χ1) is 10.1. The van der Waals surface area contributed by atoms with Gasteiger partial charge in [0, 0.05) is 31.2 Å². The average Bonchev–Trinajstić information content (AvgIpc) is 3.12. The van der Waals surface area contributed by atoms with E-state index in [4.69, 9.17) is 4.74 Å². The van der Waals surface area contributed by atoms with Gasteiger partial charge in [-0.25, -0.2) is 0 Å². The van der Waals surface area contributed by atoms with E-state index in [1.54, 1.807) is 0 Å². The predicted molar refractivity (Wildman–Crippen MR) is 86.7 cm³/mol. The lowest BCUT2D eigenvalue weighted by Gasteiger charge is -2.49. The molecule has 0 aromatic carbocycles. The predicted octanol–water partition coefficient (Wildman–Crippen LogP) is 1.70. The highest BCUT2D eigenvalue weighted by Gasteiger charge is 2.40. The zero-order valence-corrected chi connectivity index (χ0v) is 14.1. The Labute approximate surface area is 130 Å². The Bertz CT molecular complexity index is 339. The van der Waals surface area contributed by atoms with E-state index in [9.17, 15) is 0 Å². The normalized spacial score (nSPS) is 31.9. The van der Waals surface area contributed by atoms with Gasteiger partial charge in [-0.3, -0.25) is 0 Å². The number of nitrogens with one attached hydrogen (secondary N) is 1. The maximum absolute atomic E-state index is 6.22. The summed E-state index contributed by atoms with van der Waals surface area (Å²) in [7, 11) is 6.74. The monoisotopic (exact) mass is 295 g/mol. The highest BCUT2D eigenvalue weighted by molar-refractivity contribution is 4.98. The Hall–Kier alpha value is -0.160. The van der Waals surface area contributed by atoms with Crippen LogP contribution < -0.4 is 5.32 Å². The number of likely N-dealkylation sites (N-methyl/N-ethyl adjacent to an activating group) is 2. The fraction of sp³-hybridized carbons (Fsp3) is 1.00. The third kappa shape index (κ3) is 3.98. The summed E-state index contributed by atoms with van der Waals surface area (Å²) in [5.41, 5.74) is 0.431. The number of ether oxygens (including phenoxy) is 1. The summed E-state index contributed by atoms with van der Waals surface area (Å²) in [5.74, 6) is 0.